The number of carbonyl (C=O) groups excluding carboxylic acids is 3. The first-order chi connectivity index (χ1) is 16.4. The van der Waals surface area contributed by atoms with E-state index in [1.807, 2.05) is 56.4 Å². The third-order valence-electron chi connectivity index (χ3n) is 7.39. The SMILES string of the molecule is Cc1cccc(C)c1N1CC=C[C@]23O[C@@H]4C=CCCOC(=O)[C@@H]4[C@H]2C(=O)N(CCCO)C3C1=O. The molecule has 1 aromatic carbocycles. The van der Waals surface area contributed by atoms with Crippen LogP contribution in [0.2, 0.25) is 0 Å². The number of cyclic esters (lactones) is 1. The summed E-state index contributed by atoms with van der Waals surface area (Å²) >= 11 is 0. The van der Waals surface area contributed by atoms with Crippen molar-refractivity contribution in [2.45, 2.75) is 44.4 Å². The molecule has 4 aliphatic rings. The molecule has 0 aromatic heterocycles. The second-order valence-electron chi connectivity index (χ2n) is 9.43. The Morgan fingerprint density at radius 3 is 2.62 bits per heavy atom. The highest BCUT2D eigenvalue weighted by molar-refractivity contribution is 6.06. The third-order valence-corrected chi connectivity index (χ3v) is 7.39. The summed E-state index contributed by atoms with van der Waals surface area (Å²) in [6.45, 7) is 4.58. The quantitative estimate of drug-likeness (QED) is 0.536. The van der Waals surface area contributed by atoms with Crippen molar-refractivity contribution in [2.24, 2.45) is 11.8 Å². The van der Waals surface area contributed by atoms with E-state index < -0.39 is 35.6 Å². The third kappa shape index (κ3) is 3.31. The van der Waals surface area contributed by atoms with E-state index in [9.17, 15) is 19.5 Å². The van der Waals surface area contributed by atoms with Crippen molar-refractivity contribution < 1.29 is 29.0 Å². The van der Waals surface area contributed by atoms with Gasteiger partial charge in [0.05, 0.1) is 18.6 Å². The van der Waals surface area contributed by atoms with Crippen LogP contribution in [0.4, 0.5) is 5.69 Å². The van der Waals surface area contributed by atoms with Gasteiger partial charge in [0.15, 0.2) is 0 Å². The minimum absolute atomic E-state index is 0.115. The molecule has 0 saturated carbocycles. The molecule has 180 valence electrons. The van der Waals surface area contributed by atoms with Gasteiger partial charge in [-0.2, -0.15) is 0 Å². The molecule has 2 saturated heterocycles. The lowest BCUT2D eigenvalue weighted by Gasteiger charge is -2.36. The molecule has 1 spiro atoms. The van der Waals surface area contributed by atoms with E-state index >= 15 is 0 Å². The van der Waals surface area contributed by atoms with Crippen LogP contribution < -0.4 is 4.90 Å². The van der Waals surface area contributed by atoms with E-state index in [1.54, 1.807) is 4.90 Å². The number of para-hydroxylation sites is 1. The Labute approximate surface area is 198 Å². The zero-order chi connectivity index (χ0) is 24.0. The first kappa shape index (κ1) is 22.8. The maximum atomic E-state index is 14.2. The second kappa shape index (κ2) is 8.67. The lowest BCUT2D eigenvalue weighted by atomic mass is 9.77. The van der Waals surface area contributed by atoms with Crippen LogP contribution in [0, 0.1) is 25.7 Å². The van der Waals surface area contributed by atoms with Crippen molar-refractivity contribution in [2.75, 3.05) is 31.2 Å². The maximum Gasteiger partial charge on any atom is 0.312 e. The summed E-state index contributed by atoms with van der Waals surface area (Å²) in [5.74, 6) is -2.71. The van der Waals surface area contributed by atoms with Crippen molar-refractivity contribution in [3.63, 3.8) is 0 Å². The van der Waals surface area contributed by atoms with Gasteiger partial charge in [-0.05, 0) is 37.8 Å². The highest BCUT2D eigenvalue weighted by Gasteiger charge is 2.71. The number of aliphatic hydroxyl groups is 1. The fraction of sp³-hybridized carbons (Fsp3) is 0.500. The summed E-state index contributed by atoms with van der Waals surface area (Å²) in [7, 11) is 0. The van der Waals surface area contributed by atoms with Crippen LogP contribution in [-0.4, -0.2) is 71.8 Å². The van der Waals surface area contributed by atoms with Crippen LogP contribution in [0.5, 0.6) is 0 Å². The number of esters is 1. The van der Waals surface area contributed by atoms with Crippen LogP contribution >= 0.6 is 0 Å². The number of hydrogen-bond acceptors (Lipinski definition) is 6. The van der Waals surface area contributed by atoms with Crippen LogP contribution in [-0.2, 0) is 23.9 Å². The highest BCUT2D eigenvalue weighted by atomic mass is 16.6. The van der Waals surface area contributed by atoms with Gasteiger partial charge in [0.1, 0.15) is 17.6 Å². The van der Waals surface area contributed by atoms with Crippen LogP contribution in [0.3, 0.4) is 0 Å². The summed E-state index contributed by atoms with van der Waals surface area (Å²) < 4.78 is 11.9. The normalized spacial score (nSPS) is 32.6. The van der Waals surface area contributed by atoms with Gasteiger partial charge < -0.3 is 24.4 Å². The number of hydrogen-bond donors (Lipinski definition) is 1. The lowest BCUT2D eigenvalue weighted by molar-refractivity contribution is -0.154. The molecule has 1 aromatic rings. The molecule has 8 nitrogen and oxygen atoms in total. The fourth-order valence-corrected chi connectivity index (χ4v) is 6.02. The monoisotopic (exact) mass is 466 g/mol. The average molecular weight is 467 g/mol. The fourth-order valence-electron chi connectivity index (χ4n) is 6.02. The van der Waals surface area contributed by atoms with Crippen LogP contribution in [0.1, 0.15) is 24.0 Å². The van der Waals surface area contributed by atoms with E-state index in [1.165, 1.54) is 4.90 Å². The van der Waals surface area contributed by atoms with Crippen LogP contribution in [0.15, 0.2) is 42.5 Å². The Kier molecular flexibility index (Phi) is 5.81. The molecule has 5 rings (SSSR count). The predicted octanol–water partition coefficient (Wildman–Crippen LogP) is 1.67. The summed E-state index contributed by atoms with van der Waals surface area (Å²) in [5, 5.41) is 9.47. The van der Waals surface area contributed by atoms with Gasteiger partial charge >= 0.3 is 5.97 Å². The number of anilines is 1. The molecule has 1 N–H and O–H groups in total. The highest BCUT2D eigenvalue weighted by Crippen LogP contribution is 2.53. The Bertz CT molecular complexity index is 1060. The topological polar surface area (TPSA) is 96.4 Å². The van der Waals surface area contributed by atoms with E-state index in [0.29, 0.717) is 19.4 Å². The molecule has 0 aliphatic carbocycles. The van der Waals surface area contributed by atoms with E-state index in [2.05, 4.69) is 0 Å². The summed E-state index contributed by atoms with van der Waals surface area (Å²) in [4.78, 5) is 44.3. The molecule has 0 bridgehead atoms. The van der Waals surface area contributed by atoms with Gasteiger partial charge in [0.25, 0.3) is 5.91 Å². The number of benzene rings is 1. The van der Waals surface area contributed by atoms with Gasteiger partial charge in [-0.25, -0.2) is 0 Å². The van der Waals surface area contributed by atoms with Crippen molar-refractivity contribution in [3.8, 4) is 0 Å². The number of carbonyl (C=O) groups is 3. The van der Waals surface area contributed by atoms with Gasteiger partial charge in [-0.3, -0.25) is 14.4 Å². The molecule has 0 radical (unpaired) electrons. The Morgan fingerprint density at radius 1 is 1.12 bits per heavy atom. The van der Waals surface area contributed by atoms with Crippen LogP contribution in [0.25, 0.3) is 0 Å². The first-order valence-corrected chi connectivity index (χ1v) is 11.9. The standard InChI is InChI=1S/C26H30N2O6/c1-16-8-5-9-17(2)21(16)27-12-6-11-26-20(19-18(34-26)10-3-4-15-33-25(19)32)23(30)28(13-7-14-29)22(26)24(27)31/h3,5-6,8-11,18-20,22,29H,4,7,12-15H2,1-2H3/t18-,19+,20+,22?,26+/m1/s1. The number of rotatable bonds is 4. The molecule has 4 aliphatic heterocycles. The van der Waals surface area contributed by atoms with Crippen molar-refractivity contribution in [1.82, 2.24) is 4.90 Å². The van der Waals surface area contributed by atoms with Gasteiger partial charge in [0.2, 0.25) is 5.91 Å². The molecule has 8 heteroatoms. The number of ether oxygens (including phenoxy) is 2. The second-order valence-corrected chi connectivity index (χ2v) is 9.43. The molecule has 34 heavy (non-hydrogen) atoms. The van der Waals surface area contributed by atoms with Gasteiger partial charge in [-0.1, -0.05) is 42.5 Å². The molecule has 2 amide bonds. The number of amides is 2. The summed E-state index contributed by atoms with van der Waals surface area (Å²) in [6.07, 6.45) is 7.66. The molecular weight excluding hydrogens is 436 g/mol. The van der Waals surface area contributed by atoms with Gasteiger partial charge in [0, 0.05) is 25.4 Å². The molecule has 2 fully saturated rings. The number of fused-ring (bicyclic) bond motifs is 2. The average Bonchev–Trinajstić information content (AvgIpc) is 3.17. The molecule has 4 heterocycles. The van der Waals surface area contributed by atoms with E-state index in [-0.39, 0.29) is 31.6 Å². The smallest absolute Gasteiger partial charge is 0.312 e. The minimum atomic E-state index is -1.28. The number of likely N-dealkylation sites (tertiary alicyclic amines) is 1. The zero-order valence-electron chi connectivity index (χ0n) is 19.5. The summed E-state index contributed by atoms with van der Waals surface area (Å²) in [6, 6.07) is 4.93. The minimum Gasteiger partial charge on any atom is -0.465 e. The Balaban J connectivity index is 1.63. The largest absolute Gasteiger partial charge is 0.465 e. The molecule has 1 unspecified atom stereocenters. The van der Waals surface area contributed by atoms with Crippen molar-refractivity contribution >= 4 is 23.5 Å². The van der Waals surface area contributed by atoms with Gasteiger partial charge in [-0.15, -0.1) is 0 Å². The molecular formula is C26H30N2O6. The number of aliphatic hydroxyl groups excluding tert-OH is 1. The Hall–Kier alpha value is -2.97. The predicted molar refractivity (Wildman–Crippen MR) is 124 cm³/mol. The van der Waals surface area contributed by atoms with Crippen molar-refractivity contribution in [1.29, 1.82) is 0 Å². The molecule has 5 atom stereocenters. The van der Waals surface area contributed by atoms with E-state index in [0.717, 1.165) is 16.8 Å². The summed E-state index contributed by atoms with van der Waals surface area (Å²) in [5.41, 5.74) is 1.45. The maximum absolute atomic E-state index is 14.2. The van der Waals surface area contributed by atoms with Crippen molar-refractivity contribution in [3.05, 3.63) is 53.6 Å². The lowest BCUT2D eigenvalue weighted by Crippen LogP contribution is -2.55. The first-order valence-electron chi connectivity index (χ1n) is 11.9. The number of aryl methyl sites for hydroxylation is 2. The Morgan fingerprint density at radius 2 is 1.88 bits per heavy atom. The zero-order valence-corrected chi connectivity index (χ0v) is 19.5. The number of nitrogens with zero attached hydrogens (tertiary/aromatic N) is 2. The van der Waals surface area contributed by atoms with E-state index in [4.69, 9.17) is 9.47 Å².